The van der Waals surface area contributed by atoms with Gasteiger partial charge in [-0.2, -0.15) is 0 Å². The van der Waals surface area contributed by atoms with Gasteiger partial charge < -0.3 is 14.6 Å². The number of carbonyl (C=O) groups is 2. The molecule has 132 valence electrons. The molecule has 0 aliphatic heterocycles. The van der Waals surface area contributed by atoms with E-state index in [0.717, 1.165) is 7.11 Å². The number of hydrogen-bond donors (Lipinski definition) is 1. The minimum Gasteiger partial charge on any atom is -0.508 e. The van der Waals surface area contributed by atoms with Gasteiger partial charge in [-0.05, 0) is 23.8 Å². The van der Waals surface area contributed by atoms with Crippen molar-refractivity contribution >= 4 is 35.0 Å². The first-order chi connectivity index (χ1) is 11.9. The largest absolute Gasteiger partial charge is 0.508 e. The van der Waals surface area contributed by atoms with Gasteiger partial charge in [0.2, 0.25) is 5.78 Å². The molecule has 1 N–H and O–H groups in total. The van der Waals surface area contributed by atoms with E-state index in [4.69, 9.17) is 27.9 Å². The van der Waals surface area contributed by atoms with Gasteiger partial charge >= 0.3 is 5.97 Å². The van der Waals surface area contributed by atoms with Crippen LogP contribution in [-0.4, -0.2) is 31.1 Å². The molecule has 1 atom stereocenters. The van der Waals surface area contributed by atoms with Crippen LogP contribution in [-0.2, 0) is 14.3 Å². The summed E-state index contributed by atoms with van der Waals surface area (Å²) in [5.74, 6) is -1.86. The highest BCUT2D eigenvalue weighted by atomic mass is 35.5. The SMILES string of the molecule is COC(=O)C(=O)C[C@H](c1ccc(Cl)c(Cl)c1)c1ccc(OC)cc1O. The second kappa shape index (κ2) is 8.23. The van der Waals surface area contributed by atoms with Crippen molar-refractivity contribution in [3.8, 4) is 11.5 Å². The lowest BCUT2D eigenvalue weighted by Gasteiger charge is -2.19. The molecule has 0 heterocycles. The van der Waals surface area contributed by atoms with Crippen LogP contribution in [0.15, 0.2) is 36.4 Å². The van der Waals surface area contributed by atoms with E-state index >= 15 is 0 Å². The highest BCUT2D eigenvalue weighted by molar-refractivity contribution is 6.42. The number of hydrogen-bond acceptors (Lipinski definition) is 5. The summed E-state index contributed by atoms with van der Waals surface area (Å²) in [7, 11) is 2.62. The van der Waals surface area contributed by atoms with Gasteiger partial charge in [0.1, 0.15) is 11.5 Å². The molecule has 0 aromatic heterocycles. The number of halogens is 2. The smallest absolute Gasteiger partial charge is 0.374 e. The Bertz CT molecular complexity index is 804. The summed E-state index contributed by atoms with van der Waals surface area (Å²) < 4.78 is 9.54. The fraction of sp³-hybridized carbons (Fsp3) is 0.222. The molecule has 2 rings (SSSR count). The number of phenolic OH excluding ortho intramolecular Hbond substituents is 1. The van der Waals surface area contributed by atoms with Crippen molar-refractivity contribution in [3.05, 3.63) is 57.6 Å². The van der Waals surface area contributed by atoms with Crippen molar-refractivity contribution in [1.29, 1.82) is 0 Å². The zero-order chi connectivity index (χ0) is 18.6. The van der Waals surface area contributed by atoms with Crippen molar-refractivity contribution in [3.63, 3.8) is 0 Å². The molecule has 0 saturated heterocycles. The van der Waals surface area contributed by atoms with E-state index < -0.39 is 17.7 Å². The predicted octanol–water partition coefficient (Wildman–Crippen LogP) is 3.97. The standard InChI is InChI=1S/C18H16Cl2O5/c1-24-11-4-5-12(16(21)8-11)13(9-17(22)18(23)25-2)10-3-6-14(19)15(20)7-10/h3-8,13,21H,9H2,1-2H3/t13-/m1/s1. The summed E-state index contributed by atoms with van der Waals surface area (Å²) >= 11 is 12.0. The van der Waals surface area contributed by atoms with Crippen molar-refractivity contribution < 1.29 is 24.2 Å². The average Bonchev–Trinajstić information content (AvgIpc) is 2.61. The number of aromatic hydroxyl groups is 1. The lowest BCUT2D eigenvalue weighted by atomic mass is 9.86. The van der Waals surface area contributed by atoms with Gasteiger partial charge in [0.15, 0.2) is 0 Å². The van der Waals surface area contributed by atoms with E-state index in [1.165, 1.54) is 13.2 Å². The molecule has 7 heteroatoms. The highest BCUT2D eigenvalue weighted by Crippen LogP contribution is 2.38. The number of methoxy groups -OCH3 is 2. The molecule has 0 saturated carbocycles. The van der Waals surface area contributed by atoms with Crippen LogP contribution in [0, 0.1) is 0 Å². The van der Waals surface area contributed by atoms with Gasteiger partial charge in [-0.3, -0.25) is 4.79 Å². The fourth-order valence-corrected chi connectivity index (χ4v) is 2.77. The molecule has 0 spiro atoms. The van der Waals surface area contributed by atoms with E-state index in [2.05, 4.69) is 4.74 Å². The maximum atomic E-state index is 12.1. The van der Waals surface area contributed by atoms with Crippen LogP contribution < -0.4 is 4.74 Å². The predicted molar refractivity (Wildman–Crippen MR) is 94.6 cm³/mol. The van der Waals surface area contributed by atoms with E-state index in [0.29, 0.717) is 26.9 Å². The average molecular weight is 383 g/mol. The Hall–Kier alpha value is -2.24. The van der Waals surface area contributed by atoms with Crippen LogP contribution >= 0.6 is 23.2 Å². The molecule has 25 heavy (non-hydrogen) atoms. The summed E-state index contributed by atoms with van der Waals surface area (Å²) in [6.07, 6.45) is -0.190. The molecule has 0 bridgehead atoms. The van der Waals surface area contributed by atoms with E-state index in [9.17, 15) is 14.7 Å². The number of esters is 1. The zero-order valence-corrected chi connectivity index (χ0v) is 15.1. The van der Waals surface area contributed by atoms with Crippen molar-refractivity contribution in [2.24, 2.45) is 0 Å². The molecule has 0 amide bonds. The lowest BCUT2D eigenvalue weighted by Crippen LogP contribution is -2.19. The summed E-state index contributed by atoms with van der Waals surface area (Å²) in [5, 5.41) is 11.0. The van der Waals surface area contributed by atoms with E-state index in [1.807, 2.05) is 0 Å². The van der Waals surface area contributed by atoms with Crippen LogP contribution in [0.5, 0.6) is 11.5 Å². The number of rotatable bonds is 6. The molecule has 0 unspecified atom stereocenters. The molecule has 2 aromatic rings. The topological polar surface area (TPSA) is 72.8 Å². The molecule has 0 fully saturated rings. The van der Waals surface area contributed by atoms with Crippen molar-refractivity contribution in [2.75, 3.05) is 14.2 Å². The first-order valence-electron chi connectivity index (χ1n) is 7.30. The maximum absolute atomic E-state index is 12.1. The van der Waals surface area contributed by atoms with Crippen molar-refractivity contribution in [2.45, 2.75) is 12.3 Å². The first-order valence-corrected chi connectivity index (χ1v) is 8.06. The van der Waals surface area contributed by atoms with Gasteiger partial charge in [-0.25, -0.2) is 4.79 Å². The second-order valence-corrected chi connectivity index (χ2v) is 6.08. The Balaban J connectivity index is 2.49. The van der Waals surface area contributed by atoms with Gasteiger partial charge in [-0.1, -0.05) is 35.3 Å². The Morgan fingerprint density at radius 2 is 1.80 bits per heavy atom. The second-order valence-electron chi connectivity index (χ2n) is 5.27. The first kappa shape index (κ1) is 19.1. The monoisotopic (exact) mass is 382 g/mol. The maximum Gasteiger partial charge on any atom is 0.374 e. The minimum atomic E-state index is -0.946. The van der Waals surface area contributed by atoms with Gasteiger partial charge in [0.05, 0.1) is 24.3 Å². The van der Waals surface area contributed by atoms with Crippen LogP contribution in [0.1, 0.15) is 23.5 Å². The normalized spacial score (nSPS) is 11.7. The van der Waals surface area contributed by atoms with Crippen LogP contribution in [0.3, 0.4) is 0 Å². The van der Waals surface area contributed by atoms with Gasteiger partial charge in [-0.15, -0.1) is 0 Å². The number of carbonyl (C=O) groups excluding carboxylic acids is 2. The van der Waals surface area contributed by atoms with Crippen LogP contribution in [0.2, 0.25) is 10.0 Å². The summed E-state index contributed by atoms with van der Waals surface area (Å²) in [6.45, 7) is 0. The minimum absolute atomic E-state index is 0.0620. The molecule has 5 nitrogen and oxygen atoms in total. The molecular weight excluding hydrogens is 367 g/mol. The molecule has 0 radical (unpaired) electrons. The van der Waals surface area contributed by atoms with E-state index in [1.54, 1.807) is 30.3 Å². The number of ether oxygens (including phenoxy) is 2. The van der Waals surface area contributed by atoms with Crippen molar-refractivity contribution in [1.82, 2.24) is 0 Å². The fourth-order valence-electron chi connectivity index (χ4n) is 2.46. The quantitative estimate of drug-likeness (QED) is 0.604. The van der Waals surface area contributed by atoms with Crippen LogP contribution in [0.4, 0.5) is 0 Å². The summed E-state index contributed by atoms with van der Waals surface area (Å²) in [4.78, 5) is 23.6. The number of phenols is 1. The Labute approximate surface area is 155 Å². The molecule has 0 aliphatic rings. The number of benzene rings is 2. The van der Waals surface area contributed by atoms with Gasteiger partial charge in [0, 0.05) is 24.0 Å². The summed E-state index contributed by atoms with van der Waals surface area (Å²) in [6, 6.07) is 9.60. The number of Topliss-reactive ketones (excluding diaryl/α,β-unsaturated/α-hetero) is 1. The third kappa shape index (κ3) is 4.44. The van der Waals surface area contributed by atoms with Gasteiger partial charge in [0.25, 0.3) is 0 Å². The van der Waals surface area contributed by atoms with E-state index in [-0.39, 0.29) is 12.2 Å². The molecule has 2 aromatic carbocycles. The molecule has 0 aliphatic carbocycles. The lowest BCUT2D eigenvalue weighted by molar-refractivity contribution is -0.151. The Morgan fingerprint density at radius 1 is 1.08 bits per heavy atom. The summed E-state index contributed by atoms with van der Waals surface area (Å²) in [5.41, 5.74) is 1.09. The third-order valence-electron chi connectivity index (χ3n) is 3.76. The number of ketones is 1. The molecular formula is C18H16Cl2O5. The Morgan fingerprint density at radius 3 is 2.36 bits per heavy atom. The third-order valence-corrected chi connectivity index (χ3v) is 4.50. The van der Waals surface area contributed by atoms with Crippen LogP contribution in [0.25, 0.3) is 0 Å². The zero-order valence-electron chi connectivity index (χ0n) is 13.6. The Kier molecular flexibility index (Phi) is 6.28. The highest BCUT2D eigenvalue weighted by Gasteiger charge is 2.26.